The number of fused-ring (bicyclic) bond motifs is 3. The van der Waals surface area contributed by atoms with Crippen LogP contribution in [0.5, 0.6) is 0 Å². The van der Waals surface area contributed by atoms with E-state index in [2.05, 4.69) is 72.0 Å². The van der Waals surface area contributed by atoms with Gasteiger partial charge in [-0.05, 0) is 70.3 Å². The Morgan fingerprint density at radius 2 is 1.18 bits per heavy atom. The number of hydrogen-bond donors (Lipinski definition) is 3. The molecular formula is C45H36N4O. The Labute approximate surface area is 291 Å². The second-order valence-electron chi connectivity index (χ2n) is 12.4. The van der Waals surface area contributed by atoms with E-state index in [0.717, 1.165) is 72.3 Å². The number of aliphatic imine (C=N–C) groups is 1. The molecule has 0 fully saturated rings. The van der Waals surface area contributed by atoms with E-state index in [0.29, 0.717) is 5.84 Å². The van der Waals surface area contributed by atoms with Crippen molar-refractivity contribution in [3.63, 3.8) is 0 Å². The Hall–Kier alpha value is -6.43. The Kier molecular flexibility index (Phi) is 8.39. The number of rotatable bonds is 9. The first kappa shape index (κ1) is 30.9. The van der Waals surface area contributed by atoms with E-state index in [1.165, 1.54) is 0 Å². The van der Waals surface area contributed by atoms with Gasteiger partial charge in [0.05, 0.1) is 12.1 Å². The molecule has 5 N–H and O–H groups in total. The van der Waals surface area contributed by atoms with E-state index in [1.807, 2.05) is 109 Å². The van der Waals surface area contributed by atoms with E-state index in [9.17, 15) is 0 Å². The summed E-state index contributed by atoms with van der Waals surface area (Å²) < 4.78 is 6.09. The number of nitrogens with two attached hydrogens (primary N) is 2. The summed E-state index contributed by atoms with van der Waals surface area (Å²) >= 11 is 0. The molecule has 8 aromatic rings. The summed E-state index contributed by atoms with van der Waals surface area (Å²) in [7, 11) is 0. The molecule has 0 bridgehead atoms. The van der Waals surface area contributed by atoms with Gasteiger partial charge in [-0.1, -0.05) is 133 Å². The van der Waals surface area contributed by atoms with E-state index in [1.54, 1.807) is 0 Å². The summed E-state index contributed by atoms with van der Waals surface area (Å²) in [5.74, 6) is 0.426. The number of nitrogens with zero attached hydrogens (tertiary/aromatic N) is 1. The SMILES string of the molecule is NC(=NC(c1ccccc1)[C@H](N)c1ccccc1)c1cccc(Nc2ccc(-c3ccc4oc5ccccc5c4c3)cc2-c2ccccc2)c1. The van der Waals surface area contributed by atoms with Gasteiger partial charge in [-0.25, -0.2) is 0 Å². The van der Waals surface area contributed by atoms with Gasteiger partial charge in [0.2, 0.25) is 0 Å². The minimum Gasteiger partial charge on any atom is -0.456 e. The zero-order valence-electron chi connectivity index (χ0n) is 27.4. The molecule has 5 heteroatoms. The molecule has 1 heterocycles. The fourth-order valence-corrected chi connectivity index (χ4v) is 6.60. The lowest BCUT2D eigenvalue weighted by Crippen LogP contribution is -2.23. The average molecular weight is 649 g/mol. The maximum absolute atomic E-state index is 6.82. The molecule has 5 nitrogen and oxygen atoms in total. The molecule has 0 aliphatic rings. The predicted octanol–water partition coefficient (Wildman–Crippen LogP) is 10.8. The van der Waals surface area contributed by atoms with Crippen LogP contribution in [-0.4, -0.2) is 5.84 Å². The summed E-state index contributed by atoms with van der Waals surface area (Å²) in [5, 5.41) is 5.90. The molecule has 2 atom stereocenters. The number of benzene rings is 7. The quantitative estimate of drug-likeness (QED) is 0.107. The monoisotopic (exact) mass is 648 g/mol. The standard InChI is InChI=1S/C45H36N4O/c46-43(31-15-6-2-7-16-31)44(32-17-8-3-9-18-32)49-45(47)35-19-12-20-36(27-35)48-40-25-23-33(28-38(40)30-13-4-1-5-14-30)34-24-26-42-39(29-34)37-21-10-11-22-41(37)50-42/h1-29,43-44,48H,46H2,(H2,47,49)/t43-,44?/m1/s1. The van der Waals surface area contributed by atoms with Crippen LogP contribution in [-0.2, 0) is 0 Å². The van der Waals surface area contributed by atoms with E-state index in [-0.39, 0.29) is 12.1 Å². The van der Waals surface area contributed by atoms with Gasteiger partial charge in [-0.3, -0.25) is 4.99 Å². The highest BCUT2D eigenvalue weighted by Gasteiger charge is 2.21. The van der Waals surface area contributed by atoms with Gasteiger partial charge in [0.15, 0.2) is 0 Å². The van der Waals surface area contributed by atoms with Crippen molar-refractivity contribution >= 4 is 39.1 Å². The molecule has 242 valence electrons. The summed E-state index contributed by atoms with van der Waals surface area (Å²) in [5.41, 5.74) is 24.5. The molecule has 0 saturated heterocycles. The van der Waals surface area contributed by atoms with Crippen LogP contribution in [0.1, 0.15) is 28.8 Å². The third-order valence-corrected chi connectivity index (χ3v) is 9.20. The predicted molar refractivity (Wildman–Crippen MR) is 208 cm³/mol. The van der Waals surface area contributed by atoms with Gasteiger partial charge in [-0.15, -0.1) is 0 Å². The van der Waals surface area contributed by atoms with E-state index < -0.39 is 0 Å². The molecule has 0 radical (unpaired) electrons. The number of para-hydroxylation sites is 1. The maximum atomic E-state index is 6.82. The van der Waals surface area contributed by atoms with Crippen molar-refractivity contribution in [3.8, 4) is 22.3 Å². The normalized spacial score (nSPS) is 12.9. The van der Waals surface area contributed by atoms with Crippen molar-refractivity contribution in [2.24, 2.45) is 16.5 Å². The maximum Gasteiger partial charge on any atom is 0.135 e. The topological polar surface area (TPSA) is 89.6 Å². The average Bonchev–Trinajstić information content (AvgIpc) is 3.56. The molecule has 0 aliphatic carbocycles. The Bertz CT molecular complexity index is 2440. The highest BCUT2D eigenvalue weighted by atomic mass is 16.3. The highest BCUT2D eigenvalue weighted by Crippen LogP contribution is 2.37. The third kappa shape index (κ3) is 6.26. The zero-order valence-corrected chi connectivity index (χ0v) is 27.4. The second-order valence-corrected chi connectivity index (χ2v) is 12.4. The summed E-state index contributed by atoms with van der Waals surface area (Å²) in [6.07, 6.45) is 0. The van der Waals surface area contributed by atoms with Crippen molar-refractivity contribution in [1.82, 2.24) is 0 Å². The van der Waals surface area contributed by atoms with Crippen molar-refractivity contribution in [2.45, 2.75) is 12.1 Å². The molecule has 0 amide bonds. The Balaban J connectivity index is 1.13. The van der Waals surface area contributed by atoms with Gasteiger partial charge in [0.25, 0.3) is 0 Å². The zero-order chi connectivity index (χ0) is 33.9. The van der Waals surface area contributed by atoms with Crippen molar-refractivity contribution in [3.05, 3.63) is 193 Å². The van der Waals surface area contributed by atoms with Crippen LogP contribution in [0.3, 0.4) is 0 Å². The number of hydrogen-bond acceptors (Lipinski definition) is 4. The first-order valence-electron chi connectivity index (χ1n) is 16.8. The molecule has 1 unspecified atom stereocenters. The number of furan rings is 1. The molecule has 0 saturated carbocycles. The fraction of sp³-hybridized carbons (Fsp3) is 0.0444. The van der Waals surface area contributed by atoms with Gasteiger partial charge in [0, 0.05) is 33.3 Å². The summed E-state index contributed by atoms with van der Waals surface area (Å²) in [6, 6.07) is 59.1. The molecule has 1 aromatic heterocycles. The molecule has 8 rings (SSSR count). The minimum absolute atomic E-state index is 0.355. The lowest BCUT2D eigenvalue weighted by molar-refractivity contribution is 0.576. The van der Waals surface area contributed by atoms with Crippen LogP contribution < -0.4 is 16.8 Å². The van der Waals surface area contributed by atoms with E-state index in [4.69, 9.17) is 20.9 Å². The second kappa shape index (κ2) is 13.6. The Morgan fingerprint density at radius 3 is 1.96 bits per heavy atom. The van der Waals surface area contributed by atoms with E-state index >= 15 is 0 Å². The lowest BCUT2D eigenvalue weighted by Gasteiger charge is -2.22. The fourth-order valence-electron chi connectivity index (χ4n) is 6.60. The van der Waals surface area contributed by atoms with Gasteiger partial charge < -0.3 is 21.2 Å². The Morgan fingerprint density at radius 1 is 0.540 bits per heavy atom. The van der Waals surface area contributed by atoms with Crippen LogP contribution in [0, 0.1) is 0 Å². The van der Waals surface area contributed by atoms with Crippen LogP contribution >= 0.6 is 0 Å². The third-order valence-electron chi connectivity index (χ3n) is 9.20. The van der Waals surface area contributed by atoms with Gasteiger partial charge >= 0.3 is 0 Å². The summed E-state index contributed by atoms with van der Waals surface area (Å²) in [4.78, 5) is 5.02. The number of anilines is 2. The largest absolute Gasteiger partial charge is 0.456 e. The van der Waals surface area contributed by atoms with Gasteiger partial charge in [-0.2, -0.15) is 0 Å². The number of nitrogens with one attached hydrogen (secondary N) is 1. The first-order chi connectivity index (χ1) is 24.6. The number of amidine groups is 1. The minimum atomic E-state index is -0.363. The lowest BCUT2D eigenvalue weighted by atomic mass is 9.94. The van der Waals surface area contributed by atoms with Gasteiger partial charge in [0.1, 0.15) is 17.0 Å². The summed E-state index contributed by atoms with van der Waals surface area (Å²) in [6.45, 7) is 0. The van der Waals surface area contributed by atoms with Crippen LogP contribution in [0.25, 0.3) is 44.2 Å². The highest BCUT2D eigenvalue weighted by molar-refractivity contribution is 6.06. The molecule has 7 aromatic carbocycles. The smallest absolute Gasteiger partial charge is 0.135 e. The molecule has 50 heavy (non-hydrogen) atoms. The van der Waals surface area contributed by atoms with Crippen molar-refractivity contribution in [1.29, 1.82) is 0 Å². The van der Waals surface area contributed by atoms with Crippen LogP contribution in [0.15, 0.2) is 185 Å². The van der Waals surface area contributed by atoms with Crippen molar-refractivity contribution < 1.29 is 4.42 Å². The molecule has 0 spiro atoms. The molecule has 0 aliphatic heterocycles. The molecular weight excluding hydrogens is 613 g/mol. The van der Waals surface area contributed by atoms with Crippen LogP contribution in [0.4, 0.5) is 11.4 Å². The first-order valence-corrected chi connectivity index (χ1v) is 16.8. The van der Waals surface area contributed by atoms with Crippen molar-refractivity contribution in [2.75, 3.05) is 5.32 Å². The van der Waals surface area contributed by atoms with Crippen LogP contribution in [0.2, 0.25) is 0 Å².